The first-order valence-corrected chi connectivity index (χ1v) is 7.94. The van der Waals surface area contributed by atoms with Gasteiger partial charge < -0.3 is 4.42 Å². The summed E-state index contributed by atoms with van der Waals surface area (Å²) in [4.78, 5) is 9.16. The van der Waals surface area contributed by atoms with Gasteiger partial charge >= 0.3 is 0 Å². The summed E-state index contributed by atoms with van der Waals surface area (Å²) in [7, 11) is 0. The van der Waals surface area contributed by atoms with E-state index in [4.69, 9.17) is 9.40 Å². The largest absolute Gasteiger partial charge is 0.453 e. The molecule has 0 aliphatic rings. The molecule has 0 N–H and O–H groups in total. The van der Waals surface area contributed by atoms with Gasteiger partial charge in [-0.2, -0.15) is 0 Å². The molecule has 5 aromatic rings. The highest BCUT2D eigenvalue weighted by Gasteiger charge is 2.15. The topological polar surface area (TPSA) is 38.9 Å². The molecule has 0 fully saturated rings. The van der Waals surface area contributed by atoms with Crippen molar-refractivity contribution in [1.82, 2.24) is 9.97 Å². The summed E-state index contributed by atoms with van der Waals surface area (Å²) in [5.41, 5.74) is 5.52. The first-order chi connectivity index (χ1) is 11.8. The van der Waals surface area contributed by atoms with Gasteiger partial charge in [-0.25, -0.2) is 4.98 Å². The van der Waals surface area contributed by atoms with Gasteiger partial charge in [0.2, 0.25) is 0 Å². The van der Waals surface area contributed by atoms with E-state index in [2.05, 4.69) is 35.3 Å². The van der Waals surface area contributed by atoms with E-state index >= 15 is 0 Å². The summed E-state index contributed by atoms with van der Waals surface area (Å²) in [5, 5.41) is 3.28. The fourth-order valence-electron chi connectivity index (χ4n) is 3.26. The highest BCUT2D eigenvalue weighted by atomic mass is 16.3. The minimum absolute atomic E-state index is 0.842. The molecular weight excluding hydrogens is 296 g/mol. The van der Waals surface area contributed by atoms with Crippen molar-refractivity contribution in [3.05, 3.63) is 72.6 Å². The maximum atomic E-state index is 6.30. The molecule has 3 nitrogen and oxygen atoms in total. The number of aromatic nitrogens is 2. The zero-order chi connectivity index (χ0) is 16.1. The quantitative estimate of drug-likeness (QED) is 0.410. The number of fused-ring (bicyclic) bond motifs is 5. The second kappa shape index (κ2) is 4.90. The highest BCUT2D eigenvalue weighted by Crippen LogP contribution is 2.37. The zero-order valence-corrected chi connectivity index (χ0v) is 13.2. The van der Waals surface area contributed by atoms with Crippen molar-refractivity contribution in [2.45, 2.75) is 6.92 Å². The van der Waals surface area contributed by atoms with Gasteiger partial charge in [0.1, 0.15) is 11.1 Å². The van der Waals surface area contributed by atoms with Gasteiger partial charge in [0.25, 0.3) is 0 Å². The lowest BCUT2D eigenvalue weighted by molar-refractivity contribution is 0.672. The number of benzene rings is 2. The average molecular weight is 310 g/mol. The van der Waals surface area contributed by atoms with E-state index in [0.717, 1.165) is 49.8 Å². The first kappa shape index (κ1) is 13.3. The minimum atomic E-state index is 0.842. The second-order valence-corrected chi connectivity index (χ2v) is 5.97. The van der Waals surface area contributed by atoms with E-state index in [1.54, 1.807) is 6.20 Å². The zero-order valence-electron chi connectivity index (χ0n) is 13.2. The number of aryl methyl sites for hydroxylation is 1. The summed E-state index contributed by atoms with van der Waals surface area (Å²) in [6, 6.07) is 20.4. The van der Waals surface area contributed by atoms with Crippen LogP contribution in [-0.4, -0.2) is 9.97 Å². The number of para-hydroxylation sites is 1. The Bertz CT molecular complexity index is 1210. The van der Waals surface area contributed by atoms with Crippen LogP contribution in [0.2, 0.25) is 0 Å². The van der Waals surface area contributed by atoms with Crippen molar-refractivity contribution in [2.75, 3.05) is 0 Å². The molecule has 0 aliphatic heterocycles. The molecule has 2 aromatic carbocycles. The van der Waals surface area contributed by atoms with E-state index in [9.17, 15) is 0 Å². The third-order valence-corrected chi connectivity index (χ3v) is 4.41. The van der Waals surface area contributed by atoms with Crippen LogP contribution in [0.5, 0.6) is 0 Å². The SMILES string of the molecule is Cc1ccc2ccc3c4cccc(-c5ccccn5)c4oc3c2n1. The predicted octanol–water partition coefficient (Wildman–Crippen LogP) is 5.50. The summed E-state index contributed by atoms with van der Waals surface area (Å²) in [6.07, 6.45) is 1.80. The van der Waals surface area contributed by atoms with Crippen LogP contribution in [0.3, 0.4) is 0 Å². The Kier molecular flexibility index (Phi) is 2.71. The van der Waals surface area contributed by atoms with Gasteiger partial charge in [0.05, 0.1) is 5.69 Å². The molecule has 0 spiro atoms. The molecule has 3 heterocycles. The van der Waals surface area contributed by atoms with Crippen molar-refractivity contribution in [2.24, 2.45) is 0 Å². The molecule has 0 aliphatic carbocycles. The molecule has 0 amide bonds. The fourth-order valence-corrected chi connectivity index (χ4v) is 3.26. The van der Waals surface area contributed by atoms with Gasteiger partial charge in [0, 0.05) is 33.6 Å². The molecule has 3 heteroatoms. The molecule has 5 rings (SSSR count). The molecular formula is C21H14N2O. The maximum Gasteiger partial charge on any atom is 0.161 e. The van der Waals surface area contributed by atoms with E-state index in [0.29, 0.717) is 0 Å². The number of furan rings is 1. The van der Waals surface area contributed by atoms with Crippen LogP contribution in [0.4, 0.5) is 0 Å². The Morgan fingerprint density at radius 2 is 1.67 bits per heavy atom. The van der Waals surface area contributed by atoms with Crippen LogP contribution in [-0.2, 0) is 0 Å². The molecule has 3 aromatic heterocycles. The van der Waals surface area contributed by atoms with Crippen LogP contribution in [0.15, 0.2) is 71.3 Å². The molecule has 0 saturated carbocycles. The Hall–Kier alpha value is -3.20. The predicted molar refractivity (Wildman–Crippen MR) is 97.0 cm³/mol. The molecule has 0 unspecified atom stereocenters. The lowest BCUT2D eigenvalue weighted by Gasteiger charge is -2.00. The Morgan fingerprint density at radius 1 is 0.792 bits per heavy atom. The van der Waals surface area contributed by atoms with Crippen LogP contribution in [0.1, 0.15) is 5.69 Å². The van der Waals surface area contributed by atoms with Crippen molar-refractivity contribution < 1.29 is 4.42 Å². The maximum absolute atomic E-state index is 6.30. The fraction of sp³-hybridized carbons (Fsp3) is 0.0476. The third kappa shape index (κ3) is 1.85. The standard InChI is InChI=1S/C21H14N2O/c1-13-8-9-14-10-11-16-15-5-4-6-17(18-7-2-3-12-22-18)20(15)24-21(16)19(14)23-13/h2-12H,1H3. The number of hydrogen-bond acceptors (Lipinski definition) is 3. The normalized spacial score (nSPS) is 11.5. The van der Waals surface area contributed by atoms with Gasteiger partial charge in [-0.15, -0.1) is 0 Å². The minimum Gasteiger partial charge on any atom is -0.453 e. The lowest BCUT2D eigenvalue weighted by Crippen LogP contribution is -1.82. The Labute approximate surface area is 138 Å². The van der Waals surface area contributed by atoms with Crippen molar-refractivity contribution in [3.8, 4) is 11.3 Å². The molecule has 0 atom stereocenters. The van der Waals surface area contributed by atoms with Gasteiger partial charge in [-0.1, -0.05) is 30.3 Å². The van der Waals surface area contributed by atoms with Gasteiger partial charge in [-0.3, -0.25) is 4.98 Å². The Balaban J connectivity index is 1.94. The summed E-state index contributed by atoms with van der Waals surface area (Å²) in [6.45, 7) is 2.00. The first-order valence-electron chi connectivity index (χ1n) is 7.94. The Morgan fingerprint density at radius 3 is 2.54 bits per heavy atom. The third-order valence-electron chi connectivity index (χ3n) is 4.41. The average Bonchev–Trinajstić information content (AvgIpc) is 3.01. The van der Waals surface area contributed by atoms with Gasteiger partial charge in [-0.05, 0) is 37.3 Å². The highest BCUT2D eigenvalue weighted by molar-refractivity contribution is 6.16. The van der Waals surface area contributed by atoms with Crippen LogP contribution >= 0.6 is 0 Å². The summed E-state index contributed by atoms with van der Waals surface area (Å²) in [5.74, 6) is 0. The van der Waals surface area contributed by atoms with E-state index in [-0.39, 0.29) is 0 Å². The molecule has 0 bridgehead atoms. The van der Waals surface area contributed by atoms with Crippen LogP contribution < -0.4 is 0 Å². The van der Waals surface area contributed by atoms with E-state index in [1.165, 1.54) is 0 Å². The monoisotopic (exact) mass is 310 g/mol. The van der Waals surface area contributed by atoms with Crippen molar-refractivity contribution in [3.63, 3.8) is 0 Å². The van der Waals surface area contributed by atoms with Crippen molar-refractivity contribution in [1.29, 1.82) is 0 Å². The molecule has 0 radical (unpaired) electrons. The number of pyridine rings is 2. The van der Waals surface area contributed by atoms with Crippen LogP contribution in [0.25, 0.3) is 44.1 Å². The summed E-state index contributed by atoms with van der Waals surface area (Å²) < 4.78 is 6.30. The van der Waals surface area contributed by atoms with Crippen molar-refractivity contribution >= 4 is 32.8 Å². The van der Waals surface area contributed by atoms with Gasteiger partial charge in [0.15, 0.2) is 5.58 Å². The lowest BCUT2D eigenvalue weighted by atomic mass is 10.1. The number of hydrogen-bond donors (Lipinski definition) is 0. The smallest absolute Gasteiger partial charge is 0.161 e. The molecule has 0 saturated heterocycles. The molecule has 114 valence electrons. The number of nitrogens with zero attached hydrogens (tertiary/aromatic N) is 2. The van der Waals surface area contributed by atoms with Crippen LogP contribution in [0, 0.1) is 6.92 Å². The van der Waals surface area contributed by atoms with E-state index < -0.39 is 0 Å². The van der Waals surface area contributed by atoms with E-state index in [1.807, 2.05) is 37.3 Å². The second-order valence-electron chi connectivity index (χ2n) is 5.97. The molecule has 24 heavy (non-hydrogen) atoms. The summed E-state index contributed by atoms with van der Waals surface area (Å²) >= 11 is 0. The number of rotatable bonds is 1.